The van der Waals surface area contributed by atoms with Crippen LogP contribution in [-0.4, -0.2) is 21.6 Å². The summed E-state index contributed by atoms with van der Waals surface area (Å²) in [6, 6.07) is 19.5. The second kappa shape index (κ2) is 8.11. The number of hydrogen-bond donors (Lipinski definition) is 2. The number of para-hydroxylation sites is 2. The molecule has 3 aromatic rings. The van der Waals surface area contributed by atoms with Crippen molar-refractivity contribution in [3.63, 3.8) is 0 Å². The Morgan fingerprint density at radius 2 is 1.50 bits per heavy atom. The number of carbonyl (C=O) groups is 2. The monoisotopic (exact) mass is 348 g/mol. The molecule has 1 heterocycles. The molecule has 0 bridgehead atoms. The molecule has 1 aromatic heterocycles. The molecule has 0 spiro atoms. The van der Waals surface area contributed by atoms with Crippen LogP contribution < -0.4 is 10.6 Å². The Hall–Kier alpha value is -3.41. The molecule has 0 aliphatic rings. The average molecular weight is 348 g/mol. The van der Waals surface area contributed by atoms with Gasteiger partial charge in [0.25, 0.3) is 5.91 Å². The molecule has 0 unspecified atom stereocenters. The molecule has 0 radical (unpaired) electrons. The van der Waals surface area contributed by atoms with Crippen molar-refractivity contribution in [2.45, 2.75) is 19.4 Å². The molecular formula is C20H20N4O2. The first-order valence-electron chi connectivity index (χ1n) is 8.45. The second-order valence-electron chi connectivity index (χ2n) is 5.78. The van der Waals surface area contributed by atoms with Crippen molar-refractivity contribution in [1.29, 1.82) is 0 Å². The zero-order valence-corrected chi connectivity index (χ0v) is 14.4. The molecule has 6 heteroatoms. The highest BCUT2D eigenvalue weighted by molar-refractivity contribution is 6.02. The first-order chi connectivity index (χ1) is 12.7. The van der Waals surface area contributed by atoms with Crippen LogP contribution in [0.4, 0.5) is 11.4 Å². The zero-order valence-electron chi connectivity index (χ0n) is 14.4. The molecule has 2 aromatic carbocycles. The zero-order chi connectivity index (χ0) is 18.4. The SMILES string of the molecule is CC[C@H](C(=O)Nc1ccccc1)n1ccc(C(=O)Nc2ccccc2)n1. The Labute approximate surface area is 151 Å². The summed E-state index contributed by atoms with van der Waals surface area (Å²) in [5.41, 5.74) is 1.69. The molecule has 0 aliphatic carbocycles. The summed E-state index contributed by atoms with van der Waals surface area (Å²) in [5.74, 6) is -0.481. The number of benzene rings is 2. The van der Waals surface area contributed by atoms with Gasteiger partial charge in [0.05, 0.1) is 0 Å². The summed E-state index contributed by atoms with van der Waals surface area (Å²) < 4.78 is 1.53. The van der Waals surface area contributed by atoms with Crippen molar-refractivity contribution in [3.05, 3.63) is 78.6 Å². The minimum absolute atomic E-state index is 0.170. The van der Waals surface area contributed by atoms with Crippen LogP contribution in [0.1, 0.15) is 29.9 Å². The van der Waals surface area contributed by atoms with Gasteiger partial charge in [0, 0.05) is 17.6 Å². The van der Waals surface area contributed by atoms with E-state index < -0.39 is 6.04 Å². The molecule has 26 heavy (non-hydrogen) atoms. The van der Waals surface area contributed by atoms with Crippen LogP contribution in [0, 0.1) is 0 Å². The predicted octanol–water partition coefficient (Wildman–Crippen LogP) is 3.73. The third kappa shape index (κ3) is 4.16. The largest absolute Gasteiger partial charge is 0.324 e. The van der Waals surface area contributed by atoms with Crippen LogP contribution in [0.2, 0.25) is 0 Å². The maximum Gasteiger partial charge on any atom is 0.276 e. The van der Waals surface area contributed by atoms with E-state index in [0.29, 0.717) is 12.1 Å². The highest BCUT2D eigenvalue weighted by atomic mass is 16.2. The molecule has 1 atom stereocenters. The molecular weight excluding hydrogens is 328 g/mol. The van der Waals surface area contributed by atoms with Gasteiger partial charge < -0.3 is 10.6 Å². The molecule has 2 amide bonds. The van der Waals surface area contributed by atoms with Gasteiger partial charge in [-0.2, -0.15) is 5.10 Å². The van der Waals surface area contributed by atoms with Crippen LogP contribution in [-0.2, 0) is 4.79 Å². The van der Waals surface area contributed by atoms with Crippen LogP contribution in [0.5, 0.6) is 0 Å². The second-order valence-corrected chi connectivity index (χ2v) is 5.78. The number of amides is 2. The van der Waals surface area contributed by atoms with E-state index in [9.17, 15) is 9.59 Å². The van der Waals surface area contributed by atoms with E-state index in [-0.39, 0.29) is 17.5 Å². The van der Waals surface area contributed by atoms with Crippen molar-refractivity contribution in [1.82, 2.24) is 9.78 Å². The Bertz CT molecular complexity index is 875. The van der Waals surface area contributed by atoms with Gasteiger partial charge in [-0.05, 0) is 36.8 Å². The smallest absolute Gasteiger partial charge is 0.276 e. The number of carbonyl (C=O) groups excluding carboxylic acids is 2. The summed E-state index contributed by atoms with van der Waals surface area (Å²) in [6.45, 7) is 1.90. The van der Waals surface area contributed by atoms with Crippen LogP contribution in [0.3, 0.4) is 0 Å². The third-order valence-electron chi connectivity index (χ3n) is 3.92. The first-order valence-corrected chi connectivity index (χ1v) is 8.45. The number of hydrogen-bond acceptors (Lipinski definition) is 3. The Morgan fingerprint density at radius 3 is 2.08 bits per heavy atom. The lowest BCUT2D eigenvalue weighted by Gasteiger charge is -2.15. The van der Waals surface area contributed by atoms with Gasteiger partial charge in [0.15, 0.2) is 5.69 Å². The molecule has 6 nitrogen and oxygen atoms in total. The maximum atomic E-state index is 12.5. The van der Waals surface area contributed by atoms with Gasteiger partial charge in [0.1, 0.15) is 6.04 Å². The van der Waals surface area contributed by atoms with Crippen LogP contribution in [0.15, 0.2) is 72.9 Å². The Kier molecular flexibility index (Phi) is 5.43. The molecule has 132 valence electrons. The highest BCUT2D eigenvalue weighted by Crippen LogP contribution is 2.16. The fourth-order valence-electron chi connectivity index (χ4n) is 2.59. The first kappa shape index (κ1) is 17.4. The van der Waals surface area contributed by atoms with Gasteiger partial charge in [-0.15, -0.1) is 0 Å². The van der Waals surface area contributed by atoms with Crippen molar-refractivity contribution < 1.29 is 9.59 Å². The summed E-state index contributed by atoms with van der Waals surface area (Å²) in [5, 5.41) is 9.94. The van der Waals surface area contributed by atoms with Crippen molar-refractivity contribution in [2.24, 2.45) is 0 Å². The van der Waals surface area contributed by atoms with E-state index in [1.54, 1.807) is 24.4 Å². The standard InChI is InChI=1S/C20H20N4O2/c1-2-18(20(26)22-16-11-7-4-8-12-16)24-14-13-17(23-24)19(25)21-15-9-5-3-6-10-15/h3-14,18H,2H2,1H3,(H,21,25)(H,22,26)/t18-/m1/s1. The lowest BCUT2D eigenvalue weighted by Crippen LogP contribution is -2.26. The molecule has 3 rings (SSSR count). The fraction of sp³-hybridized carbons (Fsp3) is 0.150. The van der Waals surface area contributed by atoms with E-state index in [1.165, 1.54) is 4.68 Å². The molecule has 0 fully saturated rings. The summed E-state index contributed by atoms with van der Waals surface area (Å²) in [7, 11) is 0. The van der Waals surface area contributed by atoms with Crippen molar-refractivity contribution in [3.8, 4) is 0 Å². The van der Waals surface area contributed by atoms with E-state index >= 15 is 0 Å². The highest BCUT2D eigenvalue weighted by Gasteiger charge is 2.21. The normalized spacial score (nSPS) is 11.6. The molecule has 2 N–H and O–H groups in total. The maximum absolute atomic E-state index is 12.5. The van der Waals surface area contributed by atoms with Crippen molar-refractivity contribution >= 4 is 23.2 Å². The van der Waals surface area contributed by atoms with E-state index in [1.807, 2.05) is 55.5 Å². The van der Waals surface area contributed by atoms with Crippen molar-refractivity contribution in [2.75, 3.05) is 10.6 Å². The summed E-state index contributed by atoms with van der Waals surface area (Å²) in [6.07, 6.45) is 2.21. The Balaban J connectivity index is 1.70. The Morgan fingerprint density at radius 1 is 0.923 bits per heavy atom. The van der Waals surface area contributed by atoms with Crippen LogP contribution >= 0.6 is 0 Å². The number of nitrogens with zero attached hydrogens (tertiary/aromatic N) is 2. The fourth-order valence-corrected chi connectivity index (χ4v) is 2.59. The number of anilines is 2. The number of aromatic nitrogens is 2. The van der Waals surface area contributed by atoms with Gasteiger partial charge >= 0.3 is 0 Å². The topological polar surface area (TPSA) is 76.0 Å². The minimum Gasteiger partial charge on any atom is -0.324 e. The number of rotatable bonds is 6. The van der Waals surface area contributed by atoms with E-state index in [0.717, 1.165) is 5.69 Å². The minimum atomic E-state index is -0.492. The van der Waals surface area contributed by atoms with Gasteiger partial charge in [-0.3, -0.25) is 14.3 Å². The van der Waals surface area contributed by atoms with E-state index in [4.69, 9.17) is 0 Å². The lowest BCUT2D eigenvalue weighted by atomic mass is 10.2. The molecule has 0 saturated heterocycles. The summed E-state index contributed by atoms with van der Waals surface area (Å²) >= 11 is 0. The molecule has 0 aliphatic heterocycles. The quantitative estimate of drug-likeness (QED) is 0.713. The third-order valence-corrected chi connectivity index (χ3v) is 3.92. The number of nitrogens with one attached hydrogen (secondary N) is 2. The van der Waals surface area contributed by atoms with Gasteiger partial charge in [0.2, 0.25) is 5.91 Å². The van der Waals surface area contributed by atoms with Gasteiger partial charge in [-0.25, -0.2) is 0 Å². The predicted molar refractivity (Wildman–Crippen MR) is 101 cm³/mol. The summed E-state index contributed by atoms with van der Waals surface area (Å²) in [4.78, 5) is 24.9. The van der Waals surface area contributed by atoms with Crippen LogP contribution in [0.25, 0.3) is 0 Å². The lowest BCUT2D eigenvalue weighted by molar-refractivity contribution is -0.119. The average Bonchev–Trinajstić information content (AvgIpc) is 3.14. The van der Waals surface area contributed by atoms with E-state index in [2.05, 4.69) is 15.7 Å². The van der Waals surface area contributed by atoms with Gasteiger partial charge in [-0.1, -0.05) is 43.3 Å². The molecule has 0 saturated carbocycles.